The molecule has 0 aliphatic heterocycles. The third-order valence-electron chi connectivity index (χ3n) is 4.29. The second-order valence-electron chi connectivity index (χ2n) is 6.64. The van der Waals surface area contributed by atoms with E-state index in [-0.39, 0.29) is 0 Å². The van der Waals surface area contributed by atoms with Crippen LogP contribution in [-0.4, -0.2) is 47.5 Å². The number of hydrogen-bond acceptors (Lipinski definition) is 4. The first kappa shape index (κ1) is 18.4. The van der Waals surface area contributed by atoms with Gasteiger partial charge in [-0.2, -0.15) is 5.10 Å². The first-order chi connectivity index (χ1) is 12.8. The topological polar surface area (TPSA) is 76.4 Å². The molecule has 0 saturated heterocycles. The van der Waals surface area contributed by atoms with Crippen LogP contribution in [0.15, 0.2) is 41.9 Å². The van der Waals surface area contributed by atoms with E-state index < -0.39 is 0 Å². The molecule has 140 valence electrons. The summed E-state index contributed by atoms with van der Waals surface area (Å²) in [6.07, 6.45) is 6.95. The number of rotatable bonds is 10. The van der Waals surface area contributed by atoms with Gasteiger partial charge in [-0.1, -0.05) is 24.3 Å². The van der Waals surface area contributed by atoms with Crippen molar-refractivity contribution in [2.75, 3.05) is 26.8 Å². The van der Waals surface area contributed by atoms with Crippen molar-refractivity contribution in [2.24, 2.45) is 10.9 Å². The highest BCUT2D eigenvalue weighted by atomic mass is 16.5. The molecular formula is C19H28N6O. The number of hydrogen-bond donors (Lipinski definition) is 2. The summed E-state index contributed by atoms with van der Waals surface area (Å²) in [5.74, 6) is 1.64. The molecule has 7 heteroatoms. The van der Waals surface area contributed by atoms with Crippen molar-refractivity contribution < 1.29 is 4.74 Å². The predicted octanol–water partition coefficient (Wildman–Crippen LogP) is 1.81. The molecule has 1 aliphatic carbocycles. The Kier molecular flexibility index (Phi) is 7.01. The molecule has 3 rings (SSSR count). The van der Waals surface area contributed by atoms with Crippen molar-refractivity contribution in [3.05, 3.63) is 48.0 Å². The molecule has 0 unspecified atom stereocenters. The summed E-state index contributed by atoms with van der Waals surface area (Å²) >= 11 is 0. The van der Waals surface area contributed by atoms with Crippen LogP contribution in [0.2, 0.25) is 0 Å². The summed E-state index contributed by atoms with van der Waals surface area (Å²) in [7, 11) is 1.79. The van der Waals surface area contributed by atoms with Gasteiger partial charge >= 0.3 is 0 Å². The van der Waals surface area contributed by atoms with Crippen molar-refractivity contribution in [1.82, 2.24) is 25.4 Å². The van der Waals surface area contributed by atoms with Crippen molar-refractivity contribution >= 4 is 5.96 Å². The highest BCUT2D eigenvalue weighted by molar-refractivity contribution is 5.79. The second kappa shape index (κ2) is 9.91. The third-order valence-corrected chi connectivity index (χ3v) is 4.29. The van der Waals surface area contributed by atoms with E-state index in [9.17, 15) is 0 Å². The number of ether oxygens (including phenoxy) is 1. The number of guanidine groups is 1. The number of nitrogens with one attached hydrogen (secondary N) is 2. The van der Waals surface area contributed by atoms with Crippen molar-refractivity contribution in [1.29, 1.82) is 0 Å². The van der Waals surface area contributed by atoms with Crippen LogP contribution in [0.25, 0.3) is 0 Å². The molecule has 2 aromatic rings. The normalized spacial score (nSPS) is 14.4. The fraction of sp³-hybridized carbons (Fsp3) is 0.526. The summed E-state index contributed by atoms with van der Waals surface area (Å²) in [5, 5.41) is 10.8. The van der Waals surface area contributed by atoms with Crippen LogP contribution in [0.4, 0.5) is 0 Å². The Morgan fingerprint density at radius 1 is 1.31 bits per heavy atom. The molecule has 0 atom stereocenters. The molecule has 0 spiro atoms. The van der Waals surface area contributed by atoms with Crippen LogP contribution in [0, 0.1) is 5.92 Å². The van der Waals surface area contributed by atoms with E-state index in [0.29, 0.717) is 0 Å². The monoisotopic (exact) mass is 356 g/mol. The zero-order chi connectivity index (χ0) is 18.0. The average molecular weight is 356 g/mol. The van der Waals surface area contributed by atoms with Crippen molar-refractivity contribution in [2.45, 2.75) is 32.4 Å². The Bertz CT molecular complexity index is 681. The van der Waals surface area contributed by atoms with Gasteiger partial charge in [0.15, 0.2) is 5.96 Å². The van der Waals surface area contributed by atoms with E-state index in [1.807, 2.05) is 4.68 Å². The molecule has 1 aromatic heterocycles. The average Bonchev–Trinajstić information content (AvgIpc) is 3.35. The fourth-order valence-corrected chi connectivity index (χ4v) is 2.66. The molecule has 1 fully saturated rings. The maximum absolute atomic E-state index is 5.65. The minimum Gasteiger partial charge on any atom is -0.381 e. The lowest BCUT2D eigenvalue weighted by Gasteiger charge is -2.12. The Balaban J connectivity index is 1.36. The highest BCUT2D eigenvalue weighted by Crippen LogP contribution is 2.28. The maximum atomic E-state index is 5.65. The first-order valence-corrected chi connectivity index (χ1v) is 9.26. The SMILES string of the molecule is CN=C(NCCCOCC1CC1)NCc1cccc(Cn2cncn2)c1. The highest BCUT2D eigenvalue weighted by Gasteiger charge is 2.20. The summed E-state index contributed by atoms with van der Waals surface area (Å²) < 4.78 is 7.46. The van der Waals surface area contributed by atoms with E-state index in [4.69, 9.17) is 4.74 Å². The number of aromatic nitrogens is 3. The van der Waals surface area contributed by atoms with Crippen molar-refractivity contribution in [3.63, 3.8) is 0 Å². The van der Waals surface area contributed by atoms with Gasteiger partial charge in [-0.3, -0.25) is 4.99 Å². The molecule has 1 saturated carbocycles. The summed E-state index contributed by atoms with van der Waals surface area (Å²) in [6.45, 7) is 4.05. The van der Waals surface area contributed by atoms with E-state index in [1.54, 1.807) is 19.7 Å². The van der Waals surface area contributed by atoms with Gasteiger partial charge in [-0.15, -0.1) is 0 Å². The van der Waals surface area contributed by atoms with Crippen LogP contribution < -0.4 is 10.6 Å². The number of nitrogens with zero attached hydrogens (tertiary/aromatic N) is 4. The molecule has 0 amide bonds. The number of aliphatic imine (C=N–C) groups is 1. The molecule has 0 bridgehead atoms. The zero-order valence-electron chi connectivity index (χ0n) is 15.4. The van der Waals surface area contributed by atoms with Crippen LogP contribution in [0.1, 0.15) is 30.4 Å². The zero-order valence-corrected chi connectivity index (χ0v) is 15.4. The predicted molar refractivity (Wildman–Crippen MR) is 102 cm³/mol. The fourth-order valence-electron chi connectivity index (χ4n) is 2.66. The third kappa shape index (κ3) is 6.48. The molecule has 1 aliphatic rings. The van der Waals surface area contributed by atoms with Crippen LogP contribution in [0.5, 0.6) is 0 Å². The summed E-state index contributed by atoms with van der Waals surface area (Å²) in [6, 6.07) is 8.45. The molecular weight excluding hydrogens is 328 g/mol. The van der Waals surface area contributed by atoms with Gasteiger partial charge in [-0.25, -0.2) is 9.67 Å². The lowest BCUT2D eigenvalue weighted by atomic mass is 10.1. The van der Waals surface area contributed by atoms with Gasteiger partial charge in [0.05, 0.1) is 6.54 Å². The Morgan fingerprint density at radius 2 is 2.19 bits per heavy atom. The second-order valence-corrected chi connectivity index (χ2v) is 6.64. The standard InChI is InChI=1S/C19H28N6O/c1-20-19(22-8-3-9-26-13-16-6-7-16)23-11-17-4-2-5-18(10-17)12-25-15-21-14-24-25/h2,4-5,10,14-16H,3,6-9,11-13H2,1H3,(H2,20,22,23). The van der Waals surface area contributed by atoms with Crippen LogP contribution in [-0.2, 0) is 17.8 Å². The number of benzene rings is 1. The van der Waals surface area contributed by atoms with Gasteiger partial charge in [0, 0.05) is 33.4 Å². The Hall–Kier alpha value is -2.41. The van der Waals surface area contributed by atoms with E-state index in [0.717, 1.165) is 51.1 Å². The minimum absolute atomic E-state index is 0.724. The molecule has 2 N–H and O–H groups in total. The molecule has 1 heterocycles. The Labute approximate surface area is 154 Å². The lowest BCUT2D eigenvalue weighted by molar-refractivity contribution is 0.123. The van der Waals surface area contributed by atoms with Gasteiger partial charge in [-0.05, 0) is 36.3 Å². The smallest absolute Gasteiger partial charge is 0.191 e. The first-order valence-electron chi connectivity index (χ1n) is 9.26. The lowest BCUT2D eigenvalue weighted by Crippen LogP contribution is -2.37. The molecule has 7 nitrogen and oxygen atoms in total. The van der Waals surface area contributed by atoms with Crippen molar-refractivity contribution in [3.8, 4) is 0 Å². The molecule has 1 aromatic carbocycles. The van der Waals surface area contributed by atoms with E-state index in [2.05, 4.69) is 50.0 Å². The van der Waals surface area contributed by atoms with Crippen LogP contribution >= 0.6 is 0 Å². The van der Waals surface area contributed by atoms with Gasteiger partial charge in [0.1, 0.15) is 12.7 Å². The van der Waals surface area contributed by atoms with E-state index in [1.165, 1.54) is 24.0 Å². The van der Waals surface area contributed by atoms with Crippen LogP contribution in [0.3, 0.4) is 0 Å². The quantitative estimate of drug-likeness (QED) is 0.386. The van der Waals surface area contributed by atoms with Gasteiger partial charge in [0.25, 0.3) is 0 Å². The maximum Gasteiger partial charge on any atom is 0.191 e. The Morgan fingerprint density at radius 3 is 2.96 bits per heavy atom. The summed E-state index contributed by atoms with van der Waals surface area (Å²) in [4.78, 5) is 8.25. The van der Waals surface area contributed by atoms with E-state index >= 15 is 0 Å². The molecule has 0 radical (unpaired) electrons. The summed E-state index contributed by atoms with van der Waals surface area (Å²) in [5.41, 5.74) is 2.41. The van der Waals surface area contributed by atoms with Gasteiger partial charge in [0.2, 0.25) is 0 Å². The molecule has 26 heavy (non-hydrogen) atoms. The minimum atomic E-state index is 0.724. The van der Waals surface area contributed by atoms with Gasteiger partial charge < -0.3 is 15.4 Å². The largest absolute Gasteiger partial charge is 0.381 e.